The van der Waals surface area contributed by atoms with Gasteiger partial charge in [-0.1, -0.05) is 29.8 Å². The lowest BCUT2D eigenvalue weighted by atomic mass is 10.1. The van der Waals surface area contributed by atoms with Gasteiger partial charge in [-0.2, -0.15) is 0 Å². The second-order valence-electron chi connectivity index (χ2n) is 5.06. The Morgan fingerprint density at radius 1 is 1.14 bits per heavy atom. The van der Waals surface area contributed by atoms with Crippen molar-refractivity contribution in [1.82, 2.24) is 4.98 Å². The summed E-state index contributed by atoms with van der Waals surface area (Å²) in [6.07, 6.45) is 0. The minimum atomic E-state index is 0.226. The number of nitrogens with zero attached hydrogens (tertiary/aromatic N) is 1. The second kappa shape index (κ2) is 5.99. The first-order valence-electron chi connectivity index (χ1n) is 6.83. The molecule has 5 heteroatoms. The fourth-order valence-electron chi connectivity index (χ4n) is 2.17. The molecule has 0 amide bonds. The van der Waals surface area contributed by atoms with Crippen LogP contribution in [-0.4, -0.2) is 10.1 Å². The number of benzene rings is 2. The normalized spacial score (nSPS) is 10.7. The standard InChI is InChI=1S/C17H15ClN2OS/c1-10-6-7-12(8-15(10)18)16-11(2)22-17(20-16)19-13-4-3-5-14(21)9-13/h3-9,21H,1-2H3,(H,19,20). The molecule has 0 saturated carbocycles. The third kappa shape index (κ3) is 3.08. The molecule has 0 unspecified atom stereocenters. The molecule has 22 heavy (non-hydrogen) atoms. The molecule has 0 saturated heterocycles. The molecule has 3 nitrogen and oxygen atoms in total. The average molecular weight is 331 g/mol. The maximum absolute atomic E-state index is 9.51. The predicted octanol–water partition coefficient (Wildman–Crippen LogP) is 5.53. The van der Waals surface area contributed by atoms with Crippen molar-refractivity contribution in [3.63, 3.8) is 0 Å². The third-order valence-electron chi connectivity index (χ3n) is 3.34. The van der Waals surface area contributed by atoms with E-state index in [9.17, 15) is 5.11 Å². The summed E-state index contributed by atoms with van der Waals surface area (Å²) in [4.78, 5) is 5.76. The van der Waals surface area contributed by atoms with E-state index in [0.29, 0.717) is 0 Å². The zero-order valence-electron chi connectivity index (χ0n) is 12.2. The number of hydrogen-bond donors (Lipinski definition) is 2. The number of rotatable bonds is 3. The summed E-state index contributed by atoms with van der Waals surface area (Å²) >= 11 is 7.78. The molecule has 0 radical (unpaired) electrons. The fourth-order valence-corrected chi connectivity index (χ4v) is 3.20. The molecule has 112 valence electrons. The van der Waals surface area contributed by atoms with Gasteiger partial charge in [0.1, 0.15) is 5.75 Å². The molecule has 1 aromatic heterocycles. The maximum atomic E-state index is 9.51. The smallest absolute Gasteiger partial charge is 0.187 e. The van der Waals surface area contributed by atoms with Crippen LogP contribution in [0.2, 0.25) is 5.02 Å². The summed E-state index contributed by atoms with van der Waals surface area (Å²) in [6, 6.07) is 13.0. The van der Waals surface area contributed by atoms with E-state index in [1.807, 2.05) is 38.1 Å². The van der Waals surface area contributed by atoms with Crippen LogP contribution in [-0.2, 0) is 0 Å². The Hall–Kier alpha value is -2.04. The quantitative estimate of drug-likeness (QED) is 0.663. The molecule has 3 aromatic rings. The molecule has 0 bridgehead atoms. The lowest BCUT2D eigenvalue weighted by Crippen LogP contribution is -1.89. The number of hydrogen-bond acceptors (Lipinski definition) is 4. The Bertz CT molecular complexity index is 829. The van der Waals surface area contributed by atoms with Crippen molar-refractivity contribution in [3.8, 4) is 17.0 Å². The Morgan fingerprint density at radius 3 is 2.68 bits per heavy atom. The number of nitrogens with one attached hydrogen (secondary N) is 1. The molecule has 0 spiro atoms. The summed E-state index contributed by atoms with van der Waals surface area (Å²) in [6.45, 7) is 4.02. The van der Waals surface area contributed by atoms with Crippen LogP contribution in [0, 0.1) is 13.8 Å². The summed E-state index contributed by atoms with van der Waals surface area (Å²) in [7, 11) is 0. The van der Waals surface area contributed by atoms with Gasteiger partial charge in [-0.15, -0.1) is 11.3 Å². The van der Waals surface area contributed by atoms with Crippen LogP contribution >= 0.6 is 22.9 Å². The number of anilines is 2. The molecular formula is C17H15ClN2OS. The van der Waals surface area contributed by atoms with E-state index in [2.05, 4.69) is 10.3 Å². The maximum Gasteiger partial charge on any atom is 0.187 e. The number of aromatic hydroxyl groups is 1. The van der Waals surface area contributed by atoms with Gasteiger partial charge in [0.15, 0.2) is 5.13 Å². The zero-order chi connectivity index (χ0) is 15.7. The molecule has 1 heterocycles. The zero-order valence-corrected chi connectivity index (χ0v) is 13.8. The van der Waals surface area contributed by atoms with Crippen LogP contribution in [0.15, 0.2) is 42.5 Å². The third-order valence-corrected chi connectivity index (χ3v) is 4.63. The van der Waals surface area contributed by atoms with Gasteiger partial charge in [-0.05, 0) is 37.6 Å². The van der Waals surface area contributed by atoms with E-state index in [1.54, 1.807) is 29.5 Å². The van der Waals surface area contributed by atoms with E-state index in [0.717, 1.165) is 37.5 Å². The Labute approximate surface area is 138 Å². The van der Waals surface area contributed by atoms with Crippen molar-refractivity contribution in [2.75, 3.05) is 5.32 Å². The lowest BCUT2D eigenvalue weighted by Gasteiger charge is -2.03. The van der Waals surface area contributed by atoms with Crippen LogP contribution in [0.1, 0.15) is 10.4 Å². The number of thiazole rings is 1. The number of aryl methyl sites for hydroxylation is 2. The van der Waals surface area contributed by atoms with Crippen molar-refractivity contribution in [2.45, 2.75) is 13.8 Å². The highest BCUT2D eigenvalue weighted by Gasteiger charge is 2.11. The first-order chi connectivity index (χ1) is 10.5. The van der Waals surface area contributed by atoms with Gasteiger partial charge in [0.05, 0.1) is 5.69 Å². The predicted molar refractivity (Wildman–Crippen MR) is 93.4 cm³/mol. The van der Waals surface area contributed by atoms with Gasteiger partial charge >= 0.3 is 0 Å². The molecule has 0 aliphatic rings. The van der Waals surface area contributed by atoms with Gasteiger partial charge < -0.3 is 10.4 Å². The molecule has 0 atom stereocenters. The van der Waals surface area contributed by atoms with E-state index in [1.165, 1.54) is 0 Å². The first kappa shape index (κ1) is 14.9. The van der Waals surface area contributed by atoms with Gasteiger partial charge in [0.2, 0.25) is 0 Å². The molecule has 0 aliphatic carbocycles. The van der Waals surface area contributed by atoms with Crippen molar-refractivity contribution >= 4 is 33.8 Å². The summed E-state index contributed by atoms with van der Waals surface area (Å²) in [5, 5.41) is 14.3. The number of halogens is 1. The fraction of sp³-hybridized carbons (Fsp3) is 0.118. The summed E-state index contributed by atoms with van der Waals surface area (Å²) < 4.78 is 0. The minimum absolute atomic E-state index is 0.226. The SMILES string of the molecule is Cc1ccc(-c2nc(Nc3cccc(O)c3)sc2C)cc1Cl. The second-order valence-corrected chi connectivity index (χ2v) is 6.67. The molecule has 2 N–H and O–H groups in total. The van der Waals surface area contributed by atoms with E-state index in [-0.39, 0.29) is 5.75 Å². The monoisotopic (exact) mass is 330 g/mol. The number of phenols is 1. The minimum Gasteiger partial charge on any atom is -0.508 e. The molecule has 3 rings (SSSR count). The molecule has 2 aromatic carbocycles. The Balaban J connectivity index is 1.92. The summed E-state index contributed by atoms with van der Waals surface area (Å²) in [5.41, 5.74) is 3.79. The highest BCUT2D eigenvalue weighted by molar-refractivity contribution is 7.16. The van der Waals surface area contributed by atoms with E-state index in [4.69, 9.17) is 11.6 Å². The summed E-state index contributed by atoms with van der Waals surface area (Å²) in [5.74, 6) is 0.226. The Morgan fingerprint density at radius 2 is 1.95 bits per heavy atom. The van der Waals surface area contributed by atoms with Gasteiger partial charge in [-0.25, -0.2) is 4.98 Å². The van der Waals surface area contributed by atoms with Crippen LogP contribution in [0.4, 0.5) is 10.8 Å². The molecular weight excluding hydrogens is 316 g/mol. The molecule has 0 aliphatic heterocycles. The highest BCUT2D eigenvalue weighted by Crippen LogP contribution is 2.34. The Kier molecular flexibility index (Phi) is 4.05. The lowest BCUT2D eigenvalue weighted by molar-refractivity contribution is 0.475. The van der Waals surface area contributed by atoms with Crippen LogP contribution in [0.25, 0.3) is 11.3 Å². The van der Waals surface area contributed by atoms with E-state index >= 15 is 0 Å². The van der Waals surface area contributed by atoms with Crippen molar-refractivity contribution in [2.24, 2.45) is 0 Å². The number of phenolic OH excluding ortho intramolecular Hbond substituents is 1. The van der Waals surface area contributed by atoms with E-state index < -0.39 is 0 Å². The van der Waals surface area contributed by atoms with Crippen LogP contribution in [0.3, 0.4) is 0 Å². The van der Waals surface area contributed by atoms with Gasteiger partial charge in [0.25, 0.3) is 0 Å². The molecule has 0 fully saturated rings. The topological polar surface area (TPSA) is 45.2 Å². The largest absolute Gasteiger partial charge is 0.508 e. The average Bonchev–Trinajstić information content (AvgIpc) is 2.82. The van der Waals surface area contributed by atoms with Gasteiger partial charge in [-0.3, -0.25) is 0 Å². The van der Waals surface area contributed by atoms with Crippen LogP contribution < -0.4 is 5.32 Å². The highest BCUT2D eigenvalue weighted by atomic mass is 35.5. The first-order valence-corrected chi connectivity index (χ1v) is 8.02. The number of aromatic nitrogens is 1. The van der Waals surface area contributed by atoms with Crippen LogP contribution in [0.5, 0.6) is 5.75 Å². The van der Waals surface area contributed by atoms with Crippen molar-refractivity contribution in [3.05, 3.63) is 57.9 Å². The van der Waals surface area contributed by atoms with Crippen molar-refractivity contribution in [1.29, 1.82) is 0 Å². The van der Waals surface area contributed by atoms with Gasteiger partial charge in [0, 0.05) is 27.2 Å². The van der Waals surface area contributed by atoms with Crippen molar-refractivity contribution < 1.29 is 5.11 Å².